The summed E-state index contributed by atoms with van der Waals surface area (Å²) in [6, 6.07) is 5.02. The Labute approximate surface area is 93.0 Å². The van der Waals surface area contributed by atoms with Crippen molar-refractivity contribution in [3.05, 3.63) is 18.2 Å². The quantitative estimate of drug-likeness (QED) is 0.797. The maximum absolute atomic E-state index is 12.3. The molecule has 0 amide bonds. The summed E-state index contributed by atoms with van der Waals surface area (Å²) in [7, 11) is 1.48. The van der Waals surface area contributed by atoms with Gasteiger partial charge in [0.1, 0.15) is 5.82 Å². The highest BCUT2D eigenvalue weighted by atomic mass is 19.3. The van der Waals surface area contributed by atoms with E-state index in [9.17, 15) is 8.78 Å². The highest BCUT2D eigenvalue weighted by Crippen LogP contribution is 2.16. The lowest BCUT2D eigenvalue weighted by molar-refractivity contribution is 0.154. The number of ether oxygens (including phenoxy) is 1. The summed E-state index contributed by atoms with van der Waals surface area (Å²) in [5.41, 5.74) is 5.37. The smallest absolute Gasteiger partial charge is 0.255 e. The lowest BCUT2D eigenvalue weighted by atomic mass is 10.4. The van der Waals surface area contributed by atoms with Gasteiger partial charge in [-0.25, -0.2) is 8.78 Å². The average Bonchev–Trinajstić information content (AvgIpc) is 2.28. The zero-order valence-electron chi connectivity index (χ0n) is 9.07. The molecule has 1 aromatic rings. The number of nitrogens with two attached hydrogens (primary N) is 1. The summed E-state index contributed by atoms with van der Waals surface area (Å²) >= 11 is 0. The minimum absolute atomic E-state index is 0.297. The van der Waals surface area contributed by atoms with Crippen LogP contribution in [0.25, 0.3) is 0 Å². The van der Waals surface area contributed by atoms with Crippen molar-refractivity contribution in [2.24, 2.45) is 5.73 Å². The number of pyridine rings is 1. The van der Waals surface area contributed by atoms with Gasteiger partial charge in [-0.2, -0.15) is 4.98 Å². The lowest BCUT2D eigenvalue weighted by Crippen LogP contribution is -2.34. The molecule has 0 radical (unpaired) electrons. The van der Waals surface area contributed by atoms with Gasteiger partial charge in [-0.1, -0.05) is 6.07 Å². The molecule has 6 heteroatoms. The first-order valence-electron chi connectivity index (χ1n) is 4.91. The summed E-state index contributed by atoms with van der Waals surface area (Å²) in [6.07, 6.45) is -2.42. The second-order valence-corrected chi connectivity index (χ2v) is 3.16. The lowest BCUT2D eigenvalue weighted by Gasteiger charge is -2.22. The summed E-state index contributed by atoms with van der Waals surface area (Å²) in [5.74, 6) is 0.846. The second-order valence-electron chi connectivity index (χ2n) is 3.16. The minimum Gasteiger partial charge on any atom is -0.481 e. The molecular weight excluding hydrogens is 216 g/mol. The van der Waals surface area contributed by atoms with Gasteiger partial charge in [-0.05, 0) is 6.07 Å². The molecular formula is C10H15F2N3O. The Balaban J connectivity index is 2.82. The number of alkyl halides is 2. The first-order chi connectivity index (χ1) is 7.67. The number of rotatable bonds is 6. The fraction of sp³-hybridized carbons (Fsp3) is 0.500. The summed E-state index contributed by atoms with van der Waals surface area (Å²) < 4.78 is 29.6. The van der Waals surface area contributed by atoms with Gasteiger partial charge in [0.25, 0.3) is 6.43 Å². The molecule has 1 aromatic heterocycles. The monoisotopic (exact) mass is 231 g/mol. The topological polar surface area (TPSA) is 51.4 Å². The van der Waals surface area contributed by atoms with Crippen LogP contribution in [0.4, 0.5) is 14.6 Å². The van der Waals surface area contributed by atoms with Gasteiger partial charge in [0.2, 0.25) is 5.88 Å². The second kappa shape index (κ2) is 6.22. The van der Waals surface area contributed by atoms with Gasteiger partial charge in [-0.3, -0.25) is 0 Å². The number of halogens is 2. The van der Waals surface area contributed by atoms with Crippen LogP contribution in [0.3, 0.4) is 0 Å². The molecule has 90 valence electrons. The van der Waals surface area contributed by atoms with E-state index in [0.29, 0.717) is 24.8 Å². The van der Waals surface area contributed by atoms with Crippen molar-refractivity contribution in [1.29, 1.82) is 0 Å². The highest BCUT2D eigenvalue weighted by Gasteiger charge is 2.13. The minimum atomic E-state index is -2.42. The molecule has 4 nitrogen and oxygen atoms in total. The van der Waals surface area contributed by atoms with E-state index in [0.717, 1.165) is 0 Å². The fourth-order valence-electron chi connectivity index (χ4n) is 1.32. The van der Waals surface area contributed by atoms with Gasteiger partial charge in [0, 0.05) is 19.2 Å². The number of hydrogen-bond acceptors (Lipinski definition) is 4. The summed E-state index contributed by atoms with van der Waals surface area (Å²) in [6.45, 7) is 0.257. The van der Waals surface area contributed by atoms with Crippen molar-refractivity contribution in [3.8, 4) is 5.88 Å². The van der Waals surface area contributed by atoms with Gasteiger partial charge in [0.05, 0.1) is 13.7 Å². The van der Waals surface area contributed by atoms with Crippen LogP contribution in [-0.2, 0) is 0 Å². The number of methoxy groups -OCH3 is 1. The van der Waals surface area contributed by atoms with Crippen LogP contribution in [0.5, 0.6) is 5.88 Å². The zero-order valence-corrected chi connectivity index (χ0v) is 9.07. The van der Waals surface area contributed by atoms with Gasteiger partial charge in [-0.15, -0.1) is 0 Å². The third-order valence-corrected chi connectivity index (χ3v) is 2.00. The predicted octanol–water partition coefficient (Wildman–Crippen LogP) is 1.12. The van der Waals surface area contributed by atoms with Crippen molar-refractivity contribution in [2.45, 2.75) is 6.43 Å². The van der Waals surface area contributed by atoms with Gasteiger partial charge < -0.3 is 15.4 Å². The Morgan fingerprint density at radius 1 is 1.50 bits per heavy atom. The van der Waals surface area contributed by atoms with Crippen molar-refractivity contribution in [3.63, 3.8) is 0 Å². The van der Waals surface area contributed by atoms with E-state index in [-0.39, 0.29) is 6.54 Å². The molecule has 0 unspecified atom stereocenters. The highest BCUT2D eigenvalue weighted by molar-refractivity contribution is 5.40. The van der Waals surface area contributed by atoms with E-state index < -0.39 is 6.43 Å². The van der Waals surface area contributed by atoms with E-state index in [2.05, 4.69) is 4.98 Å². The Kier molecular flexibility index (Phi) is 4.91. The number of aromatic nitrogens is 1. The zero-order chi connectivity index (χ0) is 12.0. The Morgan fingerprint density at radius 3 is 2.81 bits per heavy atom. The maximum Gasteiger partial charge on any atom is 0.255 e. The number of anilines is 1. The predicted molar refractivity (Wildman–Crippen MR) is 58.1 cm³/mol. The molecule has 0 fully saturated rings. The average molecular weight is 231 g/mol. The van der Waals surface area contributed by atoms with Crippen LogP contribution in [0.15, 0.2) is 18.2 Å². The van der Waals surface area contributed by atoms with Crippen LogP contribution in [0, 0.1) is 0 Å². The van der Waals surface area contributed by atoms with Crippen molar-refractivity contribution < 1.29 is 13.5 Å². The first kappa shape index (κ1) is 12.6. The van der Waals surface area contributed by atoms with Gasteiger partial charge in [0.15, 0.2) is 0 Å². The fourth-order valence-corrected chi connectivity index (χ4v) is 1.32. The van der Waals surface area contributed by atoms with E-state index in [4.69, 9.17) is 10.5 Å². The summed E-state index contributed by atoms with van der Waals surface area (Å²) in [4.78, 5) is 5.52. The van der Waals surface area contributed by atoms with Crippen molar-refractivity contribution >= 4 is 5.82 Å². The maximum atomic E-state index is 12.3. The van der Waals surface area contributed by atoms with Crippen molar-refractivity contribution in [1.82, 2.24) is 4.98 Å². The summed E-state index contributed by atoms with van der Waals surface area (Å²) in [5, 5.41) is 0. The molecule has 0 aliphatic carbocycles. The third kappa shape index (κ3) is 3.62. The van der Waals surface area contributed by atoms with E-state index >= 15 is 0 Å². The van der Waals surface area contributed by atoms with E-state index in [1.165, 1.54) is 12.0 Å². The van der Waals surface area contributed by atoms with Crippen molar-refractivity contribution in [2.75, 3.05) is 31.6 Å². The Morgan fingerprint density at radius 2 is 2.25 bits per heavy atom. The molecule has 0 atom stereocenters. The molecule has 1 heterocycles. The molecule has 0 spiro atoms. The van der Waals surface area contributed by atoms with Crippen LogP contribution >= 0.6 is 0 Å². The molecule has 0 saturated carbocycles. The Hall–Kier alpha value is -1.43. The molecule has 0 aliphatic rings. The number of hydrogen-bond donors (Lipinski definition) is 1. The molecule has 0 aromatic carbocycles. The molecule has 0 saturated heterocycles. The van der Waals surface area contributed by atoms with Gasteiger partial charge >= 0.3 is 0 Å². The van der Waals surface area contributed by atoms with Crippen LogP contribution in [0.2, 0.25) is 0 Å². The molecule has 0 aliphatic heterocycles. The Bertz CT molecular complexity index is 323. The van der Waals surface area contributed by atoms with Crippen LogP contribution < -0.4 is 15.4 Å². The largest absolute Gasteiger partial charge is 0.481 e. The van der Waals surface area contributed by atoms with E-state index in [1.54, 1.807) is 18.2 Å². The third-order valence-electron chi connectivity index (χ3n) is 2.00. The first-order valence-corrected chi connectivity index (χ1v) is 4.91. The molecule has 16 heavy (non-hydrogen) atoms. The number of nitrogens with zero attached hydrogens (tertiary/aromatic N) is 2. The van der Waals surface area contributed by atoms with E-state index in [1.807, 2.05) is 0 Å². The SMILES string of the molecule is COc1cccc(N(CCN)CC(F)F)n1. The molecule has 1 rings (SSSR count). The molecule has 0 bridgehead atoms. The normalized spacial score (nSPS) is 10.6. The molecule has 2 N–H and O–H groups in total. The van der Waals surface area contributed by atoms with Crippen LogP contribution in [-0.4, -0.2) is 38.2 Å². The van der Waals surface area contributed by atoms with Crippen LogP contribution in [0.1, 0.15) is 0 Å². The standard InChI is InChI=1S/C10H15F2N3O/c1-16-10-4-2-3-9(14-10)15(6-5-13)7-8(11)12/h2-4,8H,5-7,13H2,1H3.